The van der Waals surface area contributed by atoms with Crippen LogP contribution in [0.25, 0.3) is 0 Å². The highest BCUT2D eigenvalue weighted by Crippen LogP contribution is 2.23. The molecule has 3 rings (SSSR count). The average molecular weight is 429 g/mol. The van der Waals surface area contributed by atoms with Crippen molar-refractivity contribution in [3.63, 3.8) is 0 Å². The van der Waals surface area contributed by atoms with Gasteiger partial charge < -0.3 is 10.1 Å². The first-order chi connectivity index (χ1) is 14.1. The second-order valence-electron chi connectivity index (χ2n) is 7.73. The van der Waals surface area contributed by atoms with Crippen molar-refractivity contribution in [1.29, 1.82) is 0 Å². The number of hydrogen-bond donors (Lipinski definition) is 3. The zero-order valence-electron chi connectivity index (χ0n) is 17.2. The van der Waals surface area contributed by atoms with E-state index in [0.717, 1.165) is 5.69 Å². The van der Waals surface area contributed by atoms with Crippen molar-refractivity contribution in [2.45, 2.75) is 31.1 Å². The monoisotopic (exact) mass is 428 g/mol. The number of nitrogens with one attached hydrogen (secondary N) is 3. The van der Waals surface area contributed by atoms with Gasteiger partial charge in [0, 0.05) is 28.4 Å². The van der Waals surface area contributed by atoms with E-state index in [2.05, 4.69) is 20.2 Å². The molecule has 8 nitrogen and oxygen atoms in total. The van der Waals surface area contributed by atoms with Gasteiger partial charge in [-0.2, -0.15) is 5.10 Å². The van der Waals surface area contributed by atoms with Crippen molar-refractivity contribution in [2.75, 3.05) is 17.1 Å². The zero-order chi connectivity index (χ0) is 21.9. The molecule has 30 heavy (non-hydrogen) atoms. The summed E-state index contributed by atoms with van der Waals surface area (Å²) in [5, 5.41) is 9.67. The van der Waals surface area contributed by atoms with Crippen LogP contribution in [0.3, 0.4) is 0 Å². The number of aromatic nitrogens is 2. The molecule has 0 saturated carbocycles. The van der Waals surface area contributed by atoms with Crippen LogP contribution >= 0.6 is 0 Å². The first-order valence-electron chi connectivity index (χ1n) is 9.23. The van der Waals surface area contributed by atoms with E-state index in [9.17, 15) is 13.2 Å². The van der Waals surface area contributed by atoms with Gasteiger partial charge in [-0.25, -0.2) is 8.42 Å². The van der Waals surface area contributed by atoms with Crippen molar-refractivity contribution < 1.29 is 17.9 Å². The summed E-state index contributed by atoms with van der Waals surface area (Å²) in [4.78, 5) is 12.6. The zero-order valence-corrected chi connectivity index (χ0v) is 18.0. The lowest BCUT2D eigenvalue weighted by Gasteiger charge is -2.14. The van der Waals surface area contributed by atoms with Crippen LogP contribution in [0.2, 0.25) is 0 Å². The Morgan fingerprint density at radius 1 is 1.07 bits per heavy atom. The van der Waals surface area contributed by atoms with Crippen LogP contribution in [0, 0.1) is 0 Å². The maximum absolute atomic E-state index is 12.7. The highest BCUT2D eigenvalue weighted by molar-refractivity contribution is 7.92. The number of carbonyl (C=O) groups excluding carboxylic acids is 1. The number of hydrogen-bond acceptors (Lipinski definition) is 5. The molecule has 0 aliphatic heterocycles. The van der Waals surface area contributed by atoms with Gasteiger partial charge in [0.1, 0.15) is 5.75 Å². The molecule has 9 heteroatoms. The van der Waals surface area contributed by atoms with Crippen LogP contribution in [0.5, 0.6) is 5.75 Å². The number of anilines is 2. The number of rotatable bonds is 6. The van der Waals surface area contributed by atoms with Crippen LogP contribution in [0.1, 0.15) is 36.8 Å². The quantitative estimate of drug-likeness (QED) is 0.553. The fourth-order valence-corrected chi connectivity index (χ4v) is 3.74. The fraction of sp³-hybridized carbons (Fsp3) is 0.238. The molecule has 0 saturated heterocycles. The molecular weight excluding hydrogens is 404 g/mol. The van der Waals surface area contributed by atoms with Gasteiger partial charge in [0.05, 0.1) is 12.0 Å². The molecule has 0 atom stereocenters. The maximum Gasteiger partial charge on any atom is 0.261 e. The molecule has 158 valence electrons. The summed E-state index contributed by atoms with van der Waals surface area (Å²) in [7, 11) is -2.34. The standard InChI is InChI=1S/C21H24N4O4S/c1-21(2,3)18-13-19(24-23-18)22-20(26)14-6-5-7-17(12-14)30(27,28)25-15-8-10-16(29-4)11-9-15/h5-13,25H,1-4H3,(H2,22,23,24,26). The summed E-state index contributed by atoms with van der Waals surface area (Å²) in [5.74, 6) is 0.530. The predicted octanol–water partition coefficient (Wildman–Crippen LogP) is 3.77. The summed E-state index contributed by atoms with van der Waals surface area (Å²) in [6.07, 6.45) is 0. The summed E-state index contributed by atoms with van der Waals surface area (Å²) >= 11 is 0. The minimum Gasteiger partial charge on any atom is -0.497 e. The lowest BCUT2D eigenvalue weighted by Crippen LogP contribution is -2.16. The Labute approximate surface area is 175 Å². The highest BCUT2D eigenvalue weighted by atomic mass is 32.2. The van der Waals surface area contributed by atoms with Gasteiger partial charge in [-0.3, -0.25) is 14.6 Å². The van der Waals surface area contributed by atoms with Gasteiger partial charge in [0.2, 0.25) is 0 Å². The van der Waals surface area contributed by atoms with E-state index in [0.29, 0.717) is 17.3 Å². The molecule has 2 aromatic carbocycles. The second-order valence-corrected chi connectivity index (χ2v) is 9.42. The van der Waals surface area contributed by atoms with E-state index < -0.39 is 15.9 Å². The summed E-state index contributed by atoms with van der Waals surface area (Å²) in [6, 6.07) is 14.0. The average Bonchev–Trinajstić information content (AvgIpc) is 3.17. The largest absolute Gasteiger partial charge is 0.497 e. The van der Waals surface area contributed by atoms with Crippen LogP contribution in [0.15, 0.2) is 59.5 Å². The molecule has 0 spiro atoms. The third kappa shape index (κ3) is 4.98. The van der Waals surface area contributed by atoms with Crippen molar-refractivity contribution >= 4 is 27.4 Å². The van der Waals surface area contributed by atoms with E-state index in [1.807, 2.05) is 20.8 Å². The van der Waals surface area contributed by atoms with Gasteiger partial charge in [-0.05, 0) is 42.5 Å². The maximum atomic E-state index is 12.7. The Balaban J connectivity index is 1.77. The summed E-state index contributed by atoms with van der Waals surface area (Å²) in [5.41, 5.74) is 1.32. The molecule has 0 bridgehead atoms. The van der Waals surface area contributed by atoms with Crippen molar-refractivity contribution in [3.8, 4) is 5.75 Å². The van der Waals surface area contributed by atoms with Crippen molar-refractivity contribution in [3.05, 3.63) is 65.9 Å². The van der Waals surface area contributed by atoms with E-state index in [-0.39, 0.29) is 15.9 Å². The first kappa shape index (κ1) is 21.4. The van der Waals surface area contributed by atoms with Crippen LogP contribution < -0.4 is 14.8 Å². The molecule has 0 aliphatic rings. The Morgan fingerprint density at radius 2 is 1.77 bits per heavy atom. The lowest BCUT2D eigenvalue weighted by atomic mass is 9.92. The summed E-state index contributed by atoms with van der Waals surface area (Å²) < 4.78 is 33.0. The molecule has 3 N–H and O–H groups in total. The predicted molar refractivity (Wildman–Crippen MR) is 115 cm³/mol. The van der Waals surface area contributed by atoms with Gasteiger partial charge in [0.15, 0.2) is 5.82 Å². The molecule has 1 aromatic heterocycles. The van der Waals surface area contributed by atoms with E-state index in [1.165, 1.54) is 25.3 Å². The number of aromatic amines is 1. The fourth-order valence-electron chi connectivity index (χ4n) is 2.64. The first-order valence-corrected chi connectivity index (χ1v) is 10.7. The van der Waals surface area contributed by atoms with E-state index in [4.69, 9.17) is 4.74 Å². The minimum atomic E-state index is -3.87. The van der Waals surface area contributed by atoms with Gasteiger partial charge in [-0.15, -0.1) is 0 Å². The SMILES string of the molecule is COc1ccc(NS(=O)(=O)c2cccc(C(=O)Nc3cc(C(C)(C)C)[nH]n3)c2)cc1. The smallest absolute Gasteiger partial charge is 0.261 e. The number of sulfonamides is 1. The number of carbonyl (C=O) groups is 1. The van der Waals surface area contributed by atoms with Crippen LogP contribution in [0.4, 0.5) is 11.5 Å². The number of nitrogens with zero attached hydrogens (tertiary/aromatic N) is 1. The molecule has 0 aliphatic carbocycles. The van der Waals surface area contributed by atoms with E-state index >= 15 is 0 Å². The molecule has 1 heterocycles. The molecule has 0 radical (unpaired) electrons. The molecule has 0 unspecified atom stereocenters. The molecule has 1 amide bonds. The van der Waals surface area contributed by atoms with Crippen LogP contribution in [-0.4, -0.2) is 31.6 Å². The number of amides is 1. The van der Waals surface area contributed by atoms with Crippen molar-refractivity contribution in [1.82, 2.24) is 10.2 Å². The lowest BCUT2D eigenvalue weighted by molar-refractivity contribution is 0.102. The Morgan fingerprint density at radius 3 is 2.37 bits per heavy atom. The minimum absolute atomic E-state index is 0.0247. The van der Waals surface area contributed by atoms with Gasteiger partial charge in [-0.1, -0.05) is 26.8 Å². The molecular formula is C21H24N4O4S. The third-order valence-corrected chi connectivity index (χ3v) is 5.76. The Hall–Kier alpha value is -3.33. The highest BCUT2D eigenvalue weighted by Gasteiger charge is 2.19. The Bertz CT molecular complexity index is 1150. The van der Waals surface area contributed by atoms with E-state index in [1.54, 1.807) is 36.4 Å². The number of ether oxygens (including phenoxy) is 1. The number of benzene rings is 2. The number of methoxy groups -OCH3 is 1. The molecule has 0 fully saturated rings. The molecule has 3 aromatic rings. The van der Waals surface area contributed by atoms with Crippen LogP contribution in [-0.2, 0) is 15.4 Å². The van der Waals surface area contributed by atoms with Crippen molar-refractivity contribution in [2.24, 2.45) is 0 Å². The van der Waals surface area contributed by atoms with Gasteiger partial charge >= 0.3 is 0 Å². The third-order valence-electron chi connectivity index (χ3n) is 4.38. The van der Waals surface area contributed by atoms with Gasteiger partial charge in [0.25, 0.3) is 15.9 Å². The Kier molecular flexibility index (Phi) is 5.84. The number of H-pyrrole nitrogens is 1. The second kappa shape index (κ2) is 8.19. The summed E-state index contributed by atoms with van der Waals surface area (Å²) in [6.45, 7) is 6.07. The normalized spacial score (nSPS) is 11.7. The topological polar surface area (TPSA) is 113 Å².